The molecule has 184 valence electrons. The lowest BCUT2D eigenvalue weighted by Gasteiger charge is -2.42. The summed E-state index contributed by atoms with van der Waals surface area (Å²) >= 11 is 0. The van der Waals surface area contributed by atoms with Crippen molar-refractivity contribution >= 4 is 5.91 Å². The first-order valence-corrected chi connectivity index (χ1v) is 13.2. The number of amides is 1. The van der Waals surface area contributed by atoms with Crippen LogP contribution in [0.5, 0.6) is 5.75 Å². The number of carbonyl (C=O) groups is 1. The minimum absolute atomic E-state index is 0.0437. The summed E-state index contributed by atoms with van der Waals surface area (Å²) in [6, 6.07) is 17.2. The molecule has 1 fully saturated rings. The Balaban J connectivity index is 1.47. The predicted molar refractivity (Wildman–Crippen MR) is 139 cm³/mol. The maximum atomic E-state index is 13.8. The van der Waals surface area contributed by atoms with Gasteiger partial charge in [-0.3, -0.25) is 9.69 Å². The van der Waals surface area contributed by atoms with Gasteiger partial charge in [0.2, 0.25) is 5.91 Å². The first kappa shape index (κ1) is 24.8. The van der Waals surface area contributed by atoms with Crippen molar-refractivity contribution in [2.45, 2.75) is 78.3 Å². The van der Waals surface area contributed by atoms with Gasteiger partial charge in [-0.2, -0.15) is 0 Å². The molecule has 2 aliphatic rings. The number of hydrogen-bond acceptors (Lipinski definition) is 3. The van der Waals surface area contributed by atoms with E-state index in [9.17, 15) is 4.79 Å². The summed E-state index contributed by atoms with van der Waals surface area (Å²) in [5.41, 5.74) is 3.72. The molecule has 4 heteroatoms. The van der Waals surface area contributed by atoms with Crippen LogP contribution in [0.25, 0.3) is 0 Å². The summed E-state index contributed by atoms with van der Waals surface area (Å²) in [5.74, 6) is 1.74. The average molecular weight is 463 g/mol. The quantitative estimate of drug-likeness (QED) is 0.614. The monoisotopic (exact) mass is 462 g/mol. The van der Waals surface area contributed by atoms with E-state index in [-0.39, 0.29) is 17.4 Å². The number of ether oxygens (including phenoxy) is 1. The van der Waals surface area contributed by atoms with Crippen LogP contribution in [-0.4, -0.2) is 36.5 Å². The van der Waals surface area contributed by atoms with Crippen molar-refractivity contribution in [2.75, 3.05) is 19.7 Å². The number of fused-ring (bicyclic) bond motifs is 1. The number of nitrogens with one attached hydrogen (secondary N) is 1. The number of likely N-dealkylation sites (tertiary alicyclic amines) is 1. The molecule has 2 aliphatic heterocycles. The molecule has 1 amide bonds. The molecule has 0 aliphatic carbocycles. The van der Waals surface area contributed by atoms with E-state index in [0.29, 0.717) is 12.5 Å². The van der Waals surface area contributed by atoms with Crippen molar-refractivity contribution in [3.05, 3.63) is 65.2 Å². The Labute approximate surface area is 206 Å². The van der Waals surface area contributed by atoms with Crippen LogP contribution in [0, 0.1) is 18.3 Å². The number of carbonyl (C=O) groups excluding carboxylic acids is 1. The maximum Gasteiger partial charge on any atom is 0.226 e. The van der Waals surface area contributed by atoms with Crippen LogP contribution >= 0.6 is 0 Å². The summed E-state index contributed by atoms with van der Waals surface area (Å²) in [6.45, 7) is 10.1. The zero-order valence-corrected chi connectivity index (χ0v) is 21.3. The van der Waals surface area contributed by atoms with Crippen molar-refractivity contribution in [2.24, 2.45) is 11.3 Å². The highest BCUT2D eigenvalue weighted by Crippen LogP contribution is 2.38. The fraction of sp³-hybridized carbons (Fsp3) is 0.567. The van der Waals surface area contributed by atoms with E-state index in [4.69, 9.17) is 4.74 Å². The Kier molecular flexibility index (Phi) is 8.31. The van der Waals surface area contributed by atoms with Crippen molar-refractivity contribution in [1.82, 2.24) is 10.2 Å². The van der Waals surface area contributed by atoms with Crippen LogP contribution in [0.2, 0.25) is 0 Å². The molecule has 0 saturated carbocycles. The zero-order valence-electron chi connectivity index (χ0n) is 21.3. The van der Waals surface area contributed by atoms with Crippen molar-refractivity contribution in [3.63, 3.8) is 0 Å². The Morgan fingerprint density at radius 3 is 2.62 bits per heavy atom. The van der Waals surface area contributed by atoms with Gasteiger partial charge in [0, 0.05) is 6.54 Å². The molecule has 4 rings (SSSR count). The van der Waals surface area contributed by atoms with Gasteiger partial charge in [0.05, 0.1) is 11.5 Å². The predicted octanol–water partition coefficient (Wildman–Crippen LogP) is 5.91. The maximum absolute atomic E-state index is 13.8. The fourth-order valence-electron chi connectivity index (χ4n) is 5.70. The number of benzene rings is 2. The highest BCUT2D eigenvalue weighted by Gasteiger charge is 2.41. The van der Waals surface area contributed by atoms with Gasteiger partial charge in [0.25, 0.3) is 0 Å². The molecule has 34 heavy (non-hydrogen) atoms. The number of hydrogen-bond donors (Lipinski definition) is 1. The van der Waals surface area contributed by atoms with E-state index < -0.39 is 0 Å². The highest BCUT2D eigenvalue weighted by molar-refractivity contribution is 5.83. The van der Waals surface area contributed by atoms with Crippen LogP contribution in [0.3, 0.4) is 0 Å². The summed E-state index contributed by atoms with van der Waals surface area (Å²) < 4.78 is 6.27. The molecule has 0 unspecified atom stereocenters. The molecule has 2 aromatic carbocycles. The Morgan fingerprint density at radius 2 is 1.85 bits per heavy atom. The largest absolute Gasteiger partial charge is 0.491 e. The van der Waals surface area contributed by atoms with Crippen LogP contribution in [0.4, 0.5) is 0 Å². The Hall–Kier alpha value is -2.33. The summed E-state index contributed by atoms with van der Waals surface area (Å²) in [6.07, 6.45) is 6.99. The fourth-order valence-corrected chi connectivity index (χ4v) is 5.70. The van der Waals surface area contributed by atoms with Gasteiger partial charge in [0.15, 0.2) is 0 Å². The molecular weight excluding hydrogens is 420 g/mol. The summed E-state index contributed by atoms with van der Waals surface area (Å²) in [4.78, 5) is 16.3. The molecule has 2 aromatic rings. The first-order chi connectivity index (χ1) is 16.4. The molecule has 4 nitrogen and oxygen atoms in total. The van der Waals surface area contributed by atoms with E-state index >= 15 is 0 Å². The van der Waals surface area contributed by atoms with Crippen LogP contribution in [-0.2, 0) is 17.8 Å². The molecule has 0 radical (unpaired) electrons. The van der Waals surface area contributed by atoms with E-state index in [1.54, 1.807) is 0 Å². The van der Waals surface area contributed by atoms with Crippen molar-refractivity contribution in [3.8, 4) is 5.75 Å². The van der Waals surface area contributed by atoms with Gasteiger partial charge in [0.1, 0.15) is 12.4 Å². The first-order valence-electron chi connectivity index (χ1n) is 13.2. The smallest absolute Gasteiger partial charge is 0.226 e. The summed E-state index contributed by atoms with van der Waals surface area (Å²) in [5, 5.41) is 3.45. The number of aryl methyl sites for hydroxylation is 2. The van der Waals surface area contributed by atoms with Gasteiger partial charge < -0.3 is 10.1 Å². The van der Waals surface area contributed by atoms with E-state index in [1.165, 1.54) is 16.7 Å². The lowest BCUT2D eigenvalue weighted by atomic mass is 9.73. The third-order valence-electron chi connectivity index (χ3n) is 7.64. The minimum atomic E-state index is -0.253. The lowest BCUT2D eigenvalue weighted by Crippen LogP contribution is -2.52. The van der Waals surface area contributed by atoms with Gasteiger partial charge in [-0.15, -0.1) is 0 Å². The van der Waals surface area contributed by atoms with Gasteiger partial charge in [-0.25, -0.2) is 0 Å². The van der Waals surface area contributed by atoms with Gasteiger partial charge in [-0.1, -0.05) is 68.3 Å². The van der Waals surface area contributed by atoms with Gasteiger partial charge >= 0.3 is 0 Å². The zero-order chi connectivity index (χ0) is 24.0. The highest BCUT2D eigenvalue weighted by atomic mass is 16.5. The number of rotatable bonds is 4. The summed E-state index contributed by atoms with van der Waals surface area (Å²) in [7, 11) is 0. The molecule has 0 bridgehead atoms. The molecule has 1 spiro atoms. The third-order valence-corrected chi connectivity index (χ3v) is 7.64. The molecule has 1 N–H and O–H groups in total. The second kappa shape index (κ2) is 11.4. The van der Waals surface area contributed by atoms with Crippen LogP contribution < -0.4 is 10.1 Å². The minimum Gasteiger partial charge on any atom is -0.491 e. The number of piperidine rings is 1. The van der Waals surface area contributed by atoms with E-state index in [0.717, 1.165) is 70.3 Å². The van der Waals surface area contributed by atoms with Crippen molar-refractivity contribution < 1.29 is 9.53 Å². The molecule has 2 heterocycles. The number of para-hydroxylation sites is 1. The van der Waals surface area contributed by atoms with E-state index in [2.05, 4.69) is 73.5 Å². The molecule has 1 saturated heterocycles. The van der Waals surface area contributed by atoms with Gasteiger partial charge in [-0.05, 0) is 81.6 Å². The van der Waals surface area contributed by atoms with E-state index in [1.807, 2.05) is 6.07 Å². The topological polar surface area (TPSA) is 41.6 Å². The standard InChI is InChI=1S/C30H42N2O2/c1-23(2)19-27-22-34-28-13-5-4-11-26(28)12-6-7-14-30(29(33)31-27)15-17-32(18-16-30)21-25-10-8-9-24(3)20-25/h4-5,8-11,13,20,23,27H,6-7,12,14-19,21-22H2,1-3H3,(H,31,33)/t27-/m0/s1. The normalized spacial score (nSPS) is 21.8. The average Bonchev–Trinajstić information content (AvgIpc) is 2.81. The lowest BCUT2D eigenvalue weighted by molar-refractivity contribution is -0.136. The van der Waals surface area contributed by atoms with Crippen molar-refractivity contribution in [1.29, 1.82) is 0 Å². The molecule has 1 atom stereocenters. The van der Waals surface area contributed by atoms with Crippen LogP contribution in [0.1, 0.15) is 69.1 Å². The second-order valence-electron chi connectivity index (χ2n) is 11.0. The second-order valence-corrected chi connectivity index (χ2v) is 11.0. The molecular formula is C30H42N2O2. The number of nitrogens with zero attached hydrogens (tertiary/aromatic N) is 1. The third kappa shape index (κ3) is 6.41. The Bertz CT molecular complexity index is 946. The molecule has 0 aromatic heterocycles. The van der Waals surface area contributed by atoms with Crippen LogP contribution in [0.15, 0.2) is 48.5 Å². The Morgan fingerprint density at radius 1 is 1.06 bits per heavy atom. The SMILES string of the molecule is Cc1cccc(CN2CCC3(CCCCc4ccccc4OC[C@H](CC(C)C)NC3=O)CC2)c1.